The zero-order valence-electron chi connectivity index (χ0n) is 14.4. The summed E-state index contributed by atoms with van der Waals surface area (Å²) in [6.45, 7) is 0.613. The Morgan fingerprint density at radius 2 is 1.57 bits per heavy atom. The van der Waals surface area contributed by atoms with Crippen molar-refractivity contribution in [3.8, 4) is 0 Å². The Morgan fingerprint density at radius 3 is 2.21 bits per heavy atom. The van der Waals surface area contributed by atoms with E-state index in [1.165, 1.54) is 0 Å². The molecule has 3 heterocycles. The number of rotatable bonds is 5. The van der Waals surface area contributed by atoms with Gasteiger partial charge in [-0.25, -0.2) is 4.98 Å². The number of pyridine rings is 2. The third kappa shape index (κ3) is 4.80. The fourth-order valence-corrected chi connectivity index (χ4v) is 3.74. The Bertz CT molecular complexity index is 1220. The molecule has 1 N–H and O–H groups in total. The third-order valence-electron chi connectivity index (χ3n) is 4.24. The van der Waals surface area contributed by atoms with Crippen molar-refractivity contribution in [2.45, 2.75) is 19.4 Å². The van der Waals surface area contributed by atoms with E-state index in [4.69, 9.17) is 23.6 Å². The molecular formula is C17H16Cl2N4O3PdS. The molecule has 4 rings (SSSR count). The topological polar surface area (TPSA) is 98.0 Å². The zero-order chi connectivity index (χ0) is 20.1. The van der Waals surface area contributed by atoms with Gasteiger partial charge in [-0.1, -0.05) is 0 Å². The normalized spacial score (nSPS) is 11.8. The van der Waals surface area contributed by atoms with Crippen molar-refractivity contribution in [3.63, 3.8) is 0 Å². The van der Waals surface area contributed by atoms with Crippen LogP contribution in [0.25, 0.3) is 32.8 Å². The van der Waals surface area contributed by atoms with E-state index in [1.54, 1.807) is 18.7 Å². The molecular weight excluding hydrogens is 518 g/mol. The summed E-state index contributed by atoms with van der Waals surface area (Å²) in [5.41, 5.74) is 3.47. The van der Waals surface area contributed by atoms with Crippen LogP contribution in [0.1, 0.15) is 12.8 Å². The fourth-order valence-electron chi connectivity index (χ4n) is 3.17. The summed E-state index contributed by atoms with van der Waals surface area (Å²) in [4.78, 5) is 13.5. The molecule has 0 unspecified atom stereocenters. The van der Waals surface area contributed by atoms with Gasteiger partial charge < -0.3 is 4.57 Å². The minimum absolute atomic E-state index is 0.106. The predicted octanol–water partition coefficient (Wildman–Crippen LogP) is 4.18. The summed E-state index contributed by atoms with van der Waals surface area (Å²) in [6.07, 6.45) is 6.27. The van der Waals surface area contributed by atoms with Gasteiger partial charge in [0.1, 0.15) is 0 Å². The van der Waals surface area contributed by atoms with Crippen LogP contribution in [0.5, 0.6) is 0 Å². The summed E-state index contributed by atoms with van der Waals surface area (Å²) in [5, 5.41) is 1.91. The van der Waals surface area contributed by atoms with Crippen LogP contribution in [0, 0.1) is 0 Å². The number of halogens is 2. The Hall–Kier alpha value is -1.34. The first-order chi connectivity index (χ1) is 13.5. The number of aromatic nitrogens is 4. The molecule has 7 nitrogen and oxygen atoms in total. The number of hydrogen-bond donors (Lipinski definition) is 1. The molecule has 0 saturated carbocycles. The first kappa shape index (κ1) is 21.4. The number of hydrogen-bond acceptors (Lipinski definition) is 5. The standard InChI is InChI=1S/C17H16N4O3S.2ClH.Pd/c22-25(23,24)10-2-1-9-21-11-20-16-12-5-3-7-18-14(12)15-13(17(16)21)6-4-8-19-15;;;/h3-8,11H,1-2,9-10H2,(H,22,23,24);2*1H;/q;;;+2/p-2. The number of imidazole rings is 1. The van der Waals surface area contributed by atoms with Crippen molar-refractivity contribution in [1.82, 2.24) is 19.5 Å². The molecule has 0 aliphatic heterocycles. The molecule has 152 valence electrons. The molecule has 28 heavy (non-hydrogen) atoms. The summed E-state index contributed by atoms with van der Waals surface area (Å²) in [7, 11) is 5.71. The maximum absolute atomic E-state index is 10.8. The first-order valence-electron chi connectivity index (χ1n) is 8.20. The molecule has 1 aromatic carbocycles. The average molecular weight is 534 g/mol. The van der Waals surface area contributed by atoms with E-state index in [9.17, 15) is 8.42 Å². The van der Waals surface area contributed by atoms with Crippen LogP contribution in [0.3, 0.4) is 0 Å². The number of unbranched alkanes of at least 4 members (excludes halogenated alkanes) is 1. The molecule has 0 spiro atoms. The number of nitrogens with zero attached hydrogens (tertiary/aromatic N) is 4. The van der Waals surface area contributed by atoms with Crippen LogP contribution in [-0.2, 0) is 32.6 Å². The summed E-state index contributed by atoms with van der Waals surface area (Å²) >= 11 is -0.106. The van der Waals surface area contributed by atoms with Gasteiger partial charge in [0.2, 0.25) is 0 Å². The molecule has 0 radical (unpaired) electrons. The van der Waals surface area contributed by atoms with Gasteiger partial charge >= 0.3 is 35.0 Å². The molecule has 0 aliphatic rings. The van der Waals surface area contributed by atoms with E-state index in [0.717, 1.165) is 32.8 Å². The van der Waals surface area contributed by atoms with Gasteiger partial charge in [-0.3, -0.25) is 14.5 Å². The van der Waals surface area contributed by atoms with E-state index in [-0.39, 0.29) is 21.7 Å². The van der Waals surface area contributed by atoms with Crippen molar-refractivity contribution >= 4 is 62.0 Å². The summed E-state index contributed by atoms with van der Waals surface area (Å²) < 4.78 is 32.5. The number of benzene rings is 1. The monoisotopic (exact) mass is 532 g/mol. The molecule has 0 amide bonds. The SMILES string of the molecule is O=S(=O)(O)CCCCn1cnc2c3cccnc3c3ncccc3c21.[Cl][Pd][Cl]. The van der Waals surface area contributed by atoms with Crippen LogP contribution >= 0.6 is 19.1 Å². The van der Waals surface area contributed by atoms with E-state index in [2.05, 4.69) is 15.0 Å². The molecule has 0 bridgehead atoms. The average Bonchev–Trinajstić information content (AvgIpc) is 3.10. The van der Waals surface area contributed by atoms with E-state index in [0.29, 0.717) is 19.4 Å². The second-order valence-corrected chi connectivity index (χ2v) is 9.90. The van der Waals surface area contributed by atoms with Crippen LogP contribution in [0.15, 0.2) is 43.0 Å². The minimum atomic E-state index is -3.91. The van der Waals surface area contributed by atoms with E-state index < -0.39 is 10.1 Å². The predicted molar refractivity (Wildman–Crippen MR) is 108 cm³/mol. The van der Waals surface area contributed by atoms with Crippen LogP contribution in [-0.4, -0.2) is 38.2 Å². The second-order valence-electron chi connectivity index (χ2n) is 5.97. The van der Waals surface area contributed by atoms with Crippen LogP contribution in [0.2, 0.25) is 0 Å². The molecule has 3 aromatic heterocycles. The summed E-state index contributed by atoms with van der Waals surface area (Å²) in [6, 6.07) is 7.73. The molecule has 0 aliphatic carbocycles. The molecule has 11 heteroatoms. The van der Waals surface area contributed by atoms with Gasteiger partial charge in [0.15, 0.2) is 0 Å². The first-order valence-corrected chi connectivity index (χ1v) is 13.8. The van der Waals surface area contributed by atoms with Crippen molar-refractivity contribution < 1.29 is 28.9 Å². The Kier molecular flexibility index (Phi) is 7.21. The van der Waals surface area contributed by atoms with Crippen molar-refractivity contribution in [2.24, 2.45) is 0 Å². The molecule has 0 atom stereocenters. The van der Waals surface area contributed by atoms with E-state index in [1.807, 2.05) is 28.8 Å². The molecule has 4 aromatic rings. The Labute approximate surface area is 177 Å². The van der Waals surface area contributed by atoms with Crippen LogP contribution in [0.4, 0.5) is 0 Å². The number of fused-ring (bicyclic) bond motifs is 6. The van der Waals surface area contributed by atoms with Gasteiger partial charge in [0.25, 0.3) is 10.1 Å². The van der Waals surface area contributed by atoms with Gasteiger partial charge in [-0.05, 0) is 37.1 Å². The molecule has 0 fully saturated rings. The van der Waals surface area contributed by atoms with Crippen molar-refractivity contribution in [2.75, 3.05) is 5.75 Å². The summed E-state index contributed by atoms with van der Waals surface area (Å²) in [5.74, 6) is -0.227. The van der Waals surface area contributed by atoms with Gasteiger partial charge in [0.05, 0.1) is 34.1 Å². The van der Waals surface area contributed by atoms with E-state index >= 15 is 0 Å². The van der Waals surface area contributed by atoms with Gasteiger partial charge in [0, 0.05) is 29.7 Å². The van der Waals surface area contributed by atoms with Gasteiger partial charge in [-0.2, -0.15) is 8.42 Å². The zero-order valence-corrected chi connectivity index (χ0v) is 18.3. The second kappa shape index (κ2) is 9.44. The molecule has 0 saturated heterocycles. The Balaban J connectivity index is 0.000000706. The fraction of sp³-hybridized carbons (Fsp3) is 0.235. The maximum atomic E-state index is 10.8. The van der Waals surface area contributed by atoms with Crippen molar-refractivity contribution in [1.29, 1.82) is 0 Å². The Morgan fingerprint density at radius 1 is 0.964 bits per heavy atom. The van der Waals surface area contributed by atoms with Crippen molar-refractivity contribution in [3.05, 3.63) is 43.0 Å². The third-order valence-corrected chi connectivity index (χ3v) is 5.04. The number of aryl methyl sites for hydroxylation is 1. The van der Waals surface area contributed by atoms with Crippen LogP contribution < -0.4 is 0 Å². The van der Waals surface area contributed by atoms with Gasteiger partial charge in [-0.15, -0.1) is 0 Å². The quantitative estimate of drug-likeness (QED) is 0.179.